The van der Waals surface area contributed by atoms with Crippen molar-refractivity contribution >= 4 is 11.6 Å². The number of aromatic nitrogens is 2. The molecule has 0 aromatic carbocycles. The molecule has 0 aliphatic heterocycles. The third kappa shape index (κ3) is 4.12. The molecule has 0 aliphatic carbocycles. The highest BCUT2D eigenvalue weighted by atomic mass is 16.5. The van der Waals surface area contributed by atoms with Crippen LogP contribution in [0.1, 0.15) is 31.2 Å². The smallest absolute Gasteiger partial charge is 0.148 e. The predicted molar refractivity (Wildman–Crippen MR) is 73.6 cm³/mol. The van der Waals surface area contributed by atoms with Crippen molar-refractivity contribution in [3.63, 3.8) is 0 Å². The number of methoxy groups -OCH3 is 1. The molecule has 0 saturated heterocycles. The van der Waals surface area contributed by atoms with E-state index >= 15 is 0 Å². The lowest BCUT2D eigenvalue weighted by Crippen LogP contribution is -2.15. The van der Waals surface area contributed by atoms with Gasteiger partial charge in [-0.25, -0.2) is 15.8 Å². The van der Waals surface area contributed by atoms with Crippen LogP contribution < -0.4 is 16.6 Å². The van der Waals surface area contributed by atoms with Crippen molar-refractivity contribution < 1.29 is 4.74 Å². The maximum atomic E-state index is 5.47. The van der Waals surface area contributed by atoms with Gasteiger partial charge < -0.3 is 15.5 Å². The molecule has 0 unspecified atom stereocenters. The molecule has 0 atom stereocenters. The molecule has 1 rings (SSSR count). The second-order valence-corrected chi connectivity index (χ2v) is 4.13. The summed E-state index contributed by atoms with van der Waals surface area (Å²) in [5, 5.41) is 3.29. The van der Waals surface area contributed by atoms with Gasteiger partial charge in [-0.05, 0) is 19.8 Å². The van der Waals surface area contributed by atoms with Crippen molar-refractivity contribution in [3.05, 3.63) is 11.4 Å². The van der Waals surface area contributed by atoms with E-state index in [1.54, 1.807) is 7.11 Å². The summed E-state index contributed by atoms with van der Waals surface area (Å²) in [5.41, 5.74) is 3.56. The molecule has 0 fully saturated rings. The van der Waals surface area contributed by atoms with Gasteiger partial charge in [0.1, 0.15) is 17.5 Å². The van der Waals surface area contributed by atoms with Crippen molar-refractivity contribution in [2.24, 2.45) is 5.84 Å². The maximum absolute atomic E-state index is 5.47. The van der Waals surface area contributed by atoms with Crippen LogP contribution in [-0.4, -0.2) is 30.2 Å². The zero-order valence-electron chi connectivity index (χ0n) is 11.4. The van der Waals surface area contributed by atoms with Gasteiger partial charge in [-0.3, -0.25) is 0 Å². The van der Waals surface area contributed by atoms with Crippen molar-refractivity contribution in [1.82, 2.24) is 9.97 Å². The second kappa shape index (κ2) is 7.84. The largest absolute Gasteiger partial charge is 0.385 e. The molecule has 1 aromatic heterocycles. The van der Waals surface area contributed by atoms with Gasteiger partial charge in [0.15, 0.2) is 0 Å². The van der Waals surface area contributed by atoms with Crippen LogP contribution in [0, 0.1) is 6.92 Å². The van der Waals surface area contributed by atoms with Crippen molar-refractivity contribution in [3.8, 4) is 0 Å². The molecule has 0 saturated carbocycles. The number of rotatable bonds is 8. The van der Waals surface area contributed by atoms with E-state index in [1.165, 1.54) is 0 Å². The first-order chi connectivity index (χ1) is 8.72. The summed E-state index contributed by atoms with van der Waals surface area (Å²) in [6.45, 7) is 5.61. The van der Waals surface area contributed by atoms with E-state index < -0.39 is 0 Å². The number of nitrogen functional groups attached to an aromatic ring is 1. The molecule has 0 radical (unpaired) electrons. The zero-order chi connectivity index (χ0) is 13.4. The summed E-state index contributed by atoms with van der Waals surface area (Å²) in [6.07, 6.45) is 2.80. The average Bonchev–Trinajstić information content (AvgIpc) is 2.38. The van der Waals surface area contributed by atoms with E-state index in [0.29, 0.717) is 5.82 Å². The number of ether oxygens (including phenoxy) is 1. The molecule has 4 N–H and O–H groups in total. The SMILES string of the molecule is CCCc1nc(NN)c(C)c(NCCCOC)n1. The van der Waals surface area contributed by atoms with Gasteiger partial charge in [0.2, 0.25) is 0 Å². The van der Waals surface area contributed by atoms with Crippen LogP contribution >= 0.6 is 0 Å². The standard InChI is InChI=1S/C12H23N5O/c1-4-6-10-15-11(14-7-5-8-18-3)9(2)12(16-10)17-13/h4-8,13H2,1-3H3,(H2,14,15,16,17). The molecular formula is C12H23N5O. The fraction of sp³-hybridized carbons (Fsp3) is 0.667. The number of hydrazine groups is 1. The van der Waals surface area contributed by atoms with Crippen molar-refractivity contribution in [1.29, 1.82) is 0 Å². The Morgan fingerprint density at radius 2 is 2.00 bits per heavy atom. The number of aryl methyl sites for hydroxylation is 1. The van der Waals surface area contributed by atoms with E-state index in [1.807, 2.05) is 6.92 Å². The Morgan fingerprint density at radius 3 is 2.61 bits per heavy atom. The Balaban J connectivity index is 2.77. The molecule has 6 heteroatoms. The molecule has 1 aromatic rings. The van der Waals surface area contributed by atoms with Crippen LogP contribution in [0.25, 0.3) is 0 Å². The first-order valence-corrected chi connectivity index (χ1v) is 6.29. The molecule has 6 nitrogen and oxygen atoms in total. The number of hydrogen-bond donors (Lipinski definition) is 3. The fourth-order valence-electron chi connectivity index (χ4n) is 1.63. The lowest BCUT2D eigenvalue weighted by molar-refractivity contribution is 0.197. The zero-order valence-corrected chi connectivity index (χ0v) is 11.4. The summed E-state index contributed by atoms with van der Waals surface area (Å²) >= 11 is 0. The van der Waals surface area contributed by atoms with E-state index in [0.717, 1.165) is 49.6 Å². The molecule has 1 heterocycles. The number of nitrogens with one attached hydrogen (secondary N) is 2. The minimum absolute atomic E-state index is 0.683. The summed E-state index contributed by atoms with van der Waals surface area (Å²) in [6, 6.07) is 0. The normalized spacial score (nSPS) is 10.4. The van der Waals surface area contributed by atoms with Crippen molar-refractivity contribution in [2.45, 2.75) is 33.1 Å². The van der Waals surface area contributed by atoms with E-state index in [-0.39, 0.29) is 0 Å². The highest BCUT2D eigenvalue weighted by molar-refractivity contribution is 5.56. The van der Waals surface area contributed by atoms with E-state index in [4.69, 9.17) is 10.6 Å². The van der Waals surface area contributed by atoms with Crippen LogP contribution in [0.15, 0.2) is 0 Å². The minimum Gasteiger partial charge on any atom is -0.385 e. The Labute approximate surface area is 108 Å². The molecule has 0 spiro atoms. The Hall–Kier alpha value is -1.40. The maximum Gasteiger partial charge on any atom is 0.148 e. The number of hydrogen-bond acceptors (Lipinski definition) is 6. The van der Waals surface area contributed by atoms with Crippen LogP contribution in [0.4, 0.5) is 11.6 Å². The lowest BCUT2D eigenvalue weighted by atomic mass is 10.2. The first kappa shape index (κ1) is 14.7. The monoisotopic (exact) mass is 253 g/mol. The molecular weight excluding hydrogens is 230 g/mol. The average molecular weight is 253 g/mol. The Kier molecular flexibility index (Phi) is 6.38. The second-order valence-electron chi connectivity index (χ2n) is 4.13. The molecule has 102 valence electrons. The van der Waals surface area contributed by atoms with Gasteiger partial charge in [0.25, 0.3) is 0 Å². The number of anilines is 2. The van der Waals surface area contributed by atoms with Gasteiger partial charge in [0, 0.05) is 32.2 Å². The fourth-order valence-corrected chi connectivity index (χ4v) is 1.63. The summed E-state index contributed by atoms with van der Waals surface area (Å²) in [7, 11) is 1.70. The Morgan fingerprint density at radius 1 is 1.28 bits per heavy atom. The highest BCUT2D eigenvalue weighted by Gasteiger charge is 2.09. The lowest BCUT2D eigenvalue weighted by Gasteiger charge is -2.13. The third-order valence-electron chi connectivity index (χ3n) is 2.62. The number of nitrogens with two attached hydrogens (primary N) is 1. The van der Waals surface area contributed by atoms with Gasteiger partial charge in [-0.2, -0.15) is 0 Å². The Bertz CT molecular complexity index is 370. The highest BCUT2D eigenvalue weighted by Crippen LogP contribution is 2.19. The van der Waals surface area contributed by atoms with Crippen LogP contribution in [0.5, 0.6) is 0 Å². The third-order valence-corrected chi connectivity index (χ3v) is 2.62. The molecule has 0 bridgehead atoms. The van der Waals surface area contributed by atoms with Crippen LogP contribution in [0.2, 0.25) is 0 Å². The van der Waals surface area contributed by atoms with Gasteiger partial charge in [-0.1, -0.05) is 6.92 Å². The van der Waals surface area contributed by atoms with Crippen molar-refractivity contribution in [2.75, 3.05) is 31.0 Å². The summed E-state index contributed by atoms with van der Waals surface area (Å²) in [5.74, 6) is 7.81. The molecule has 0 aliphatic rings. The quantitative estimate of drug-likeness (QED) is 0.369. The predicted octanol–water partition coefficient (Wildman–Crippen LogP) is 1.47. The van der Waals surface area contributed by atoms with Gasteiger partial charge >= 0.3 is 0 Å². The summed E-state index contributed by atoms with van der Waals surface area (Å²) < 4.78 is 5.01. The minimum atomic E-state index is 0.683. The van der Waals surface area contributed by atoms with Gasteiger partial charge in [0.05, 0.1) is 0 Å². The number of nitrogens with zero attached hydrogens (tertiary/aromatic N) is 2. The molecule has 18 heavy (non-hydrogen) atoms. The first-order valence-electron chi connectivity index (χ1n) is 6.29. The van der Waals surface area contributed by atoms with Crippen LogP contribution in [0.3, 0.4) is 0 Å². The topological polar surface area (TPSA) is 85.1 Å². The van der Waals surface area contributed by atoms with Gasteiger partial charge in [-0.15, -0.1) is 0 Å². The van der Waals surface area contributed by atoms with E-state index in [2.05, 4.69) is 27.6 Å². The van der Waals surface area contributed by atoms with Crippen LogP contribution in [-0.2, 0) is 11.2 Å². The van der Waals surface area contributed by atoms with E-state index in [9.17, 15) is 0 Å². The molecule has 0 amide bonds. The summed E-state index contributed by atoms with van der Waals surface area (Å²) in [4.78, 5) is 8.88.